The van der Waals surface area contributed by atoms with Gasteiger partial charge in [0.15, 0.2) is 0 Å². The highest BCUT2D eigenvalue weighted by Crippen LogP contribution is 2.36. The summed E-state index contributed by atoms with van der Waals surface area (Å²) in [6.07, 6.45) is 3.72. The summed E-state index contributed by atoms with van der Waals surface area (Å²) in [5, 5.41) is 11.7. The molecule has 0 saturated heterocycles. The van der Waals surface area contributed by atoms with E-state index in [1.807, 2.05) is 36.3 Å². The van der Waals surface area contributed by atoms with Crippen LogP contribution in [0.1, 0.15) is 26.3 Å². The fourth-order valence-electron chi connectivity index (χ4n) is 2.56. The average Bonchev–Trinajstić information content (AvgIpc) is 2.52. The van der Waals surface area contributed by atoms with E-state index in [9.17, 15) is 0 Å². The summed E-state index contributed by atoms with van der Waals surface area (Å²) in [6, 6.07) is 14.0. The van der Waals surface area contributed by atoms with Crippen molar-refractivity contribution >= 4 is 34.1 Å². The molecule has 4 heteroatoms. The molecule has 0 saturated carbocycles. The zero-order valence-electron chi connectivity index (χ0n) is 13.8. The largest absolute Gasteiger partial charge is 0.263 e. The van der Waals surface area contributed by atoms with Crippen molar-refractivity contribution in [1.82, 2.24) is 4.98 Å². The first-order valence-corrected chi connectivity index (χ1v) is 8.84. The van der Waals surface area contributed by atoms with Gasteiger partial charge in [-0.25, -0.2) is 0 Å². The lowest BCUT2D eigenvalue weighted by molar-refractivity contribution is 0.803. The zero-order chi connectivity index (χ0) is 17.3. The number of aromatic nitrogens is 1. The first kappa shape index (κ1) is 16.8. The molecule has 0 fully saturated rings. The lowest BCUT2D eigenvalue weighted by Gasteiger charge is -2.18. The van der Waals surface area contributed by atoms with E-state index in [0.29, 0.717) is 10.6 Å². The molecule has 0 spiro atoms. The number of benzene rings is 2. The fourth-order valence-corrected chi connectivity index (χ4v) is 3.81. The van der Waals surface area contributed by atoms with Gasteiger partial charge in [0.25, 0.3) is 0 Å². The van der Waals surface area contributed by atoms with Crippen LogP contribution in [0.3, 0.4) is 0 Å². The van der Waals surface area contributed by atoms with Gasteiger partial charge < -0.3 is 0 Å². The molecule has 24 heavy (non-hydrogen) atoms. The molecule has 0 amide bonds. The Labute approximate surface area is 151 Å². The maximum Gasteiger partial charge on any atom is 0.101 e. The Morgan fingerprint density at radius 2 is 1.88 bits per heavy atom. The molecule has 3 aromatic rings. The number of pyridine rings is 1. The van der Waals surface area contributed by atoms with E-state index in [2.05, 4.69) is 50.0 Å². The van der Waals surface area contributed by atoms with Crippen LogP contribution in [0.2, 0.25) is 5.02 Å². The Kier molecular flexibility index (Phi) is 4.54. The van der Waals surface area contributed by atoms with Crippen molar-refractivity contribution in [1.29, 1.82) is 5.26 Å². The van der Waals surface area contributed by atoms with Gasteiger partial charge in [0.1, 0.15) is 6.07 Å². The van der Waals surface area contributed by atoms with Gasteiger partial charge in [-0.3, -0.25) is 4.98 Å². The van der Waals surface area contributed by atoms with E-state index in [-0.39, 0.29) is 4.75 Å². The highest BCUT2D eigenvalue weighted by molar-refractivity contribution is 8.00. The summed E-state index contributed by atoms with van der Waals surface area (Å²) in [5.41, 5.74) is 2.47. The smallest absolute Gasteiger partial charge is 0.101 e. The number of nitrogens with zero attached hydrogens (tertiary/aromatic N) is 2. The number of hydrogen-bond acceptors (Lipinski definition) is 3. The van der Waals surface area contributed by atoms with Crippen LogP contribution in [-0.2, 0) is 0 Å². The van der Waals surface area contributed by atoms with E-state index in [4.69, 9.17) is 16.9 Å². The van der Waals surface area contributed by atoms with Crippen molar-refractivity contribution in [3.8, 4) is 17.2 Å². The SMILES string of the molecule is CC(C)(C)Sc1ccc2cncc(-c3ccc(C#N)c(Cl)c3)c2c1. The highest BCUT2D eigenvalue weighted by Gasteiger charge is 2.14. The maximum atomic E-state index is 9.05. The third kappa shape index (κ3) is 3.56. The summed E-state index contributed by atoms with van der Waals surface area (Å²) in [4.78, 5) is 5.58. The Balaban J connectivity index is 2.15. The van der Waals surface area contributed by atoms with Crippen LogP contribution in [0.15, 0.2) is 53.7 Å². The first-order valence-electron chi connectivity index (χ1n) is 7.64. The molecule has 0 aliphatic carbocycles. The van der Waals surface area contributed by atoms with Crippen molar-refractivity contribution in [3.63, 3.8) is 0 Å². The second-order valence-electron chi connectivity index (χ2n) is 6.59. The van der Waals surface area contributed by atoms with Gasteiger partial charge >= 0.3 is 0 Å². The van der Waals surface area contributed by atoms with E-state index < -0.39 is 0 Å². The van der Waals surface area contributed by atoms with Crippen molar-refractivity contribution in [3.05, 3.63) is 59.4 Å². The van der Waals surface area contributed by atoms with E-state index >= 15 is 0 Å². The molecule has 0 bridgehead atoms. The minimum atomic E-state index is 0.151. The van der Waals surface area contributed by atoms with E-state index in [1.165, 1.54) is 4.90 Å². The summed E-state index contributed by atoms with van der Waals surface area (Å²) >= 11 is 8.04. The molecule has 0 N–H and O–H groups in total. The highest BCUT2D eigenvalue weighted by atomic mass is 35.5. The number of nitriles is 1. The number of fused-ring (bicyclic) bond motifs is 1. The molecule has 2 aromatic carbocycles. The van der Waals surface area contributed by atoms with Crippen molar-refractivity contribution in [2.45, 2.75) is 30.4 Å². The molecule has 120 valence electrons. The van der Waals surface area contributed by atoms with Crippen LogP contribution in [0.4, 0.5) is 0 Å². The van der Waals surface area contributed by atoms with Gasteiger partial charge in [-0.2, -0.15) is 5.26 Å². The average molecular weight is 353 g/mol. The molecule has 3 rings (SSSR count). The topological polar surface area (TPSA) is 36.7 Å². The standard InChI is InChI=1S/C20H17ClN2S/c1-20(2,3)24-16-7-6-15-11-23-12-18(17(15)9-16)13-4-5-14(10-22)19(21)8-13/h4-9,11-12H,1-3H3. The third-order valence-electron chi connectivity index (χ3n) is 3.56. The minimum absolute atomic E-state index is 0.151. The zero-order valence-corrected chi connectivity index (χ0v) is 15.4. The van der Waals surface area contributed by atoms with E-state index in [1.54, 1.807) is 6.07 Å². The predicted octanol–water partition coefficient (Wildman–Crippen LogP) is 6.32. The Bertz CT molecular complexity index is 952. The van der Waals surface area contributed by atoms with Crippen molar-refractivity contribution < 1.29 is 0 Å². The molecule has 1 heterocycles. The lowest BCUT2D eigenvalue weighted by atomic mass is 10.00. The monoisotopic (exact) mass is 352 g/mol. The summed E-state index contributed by atoms with van der Waals surface area (Å²) in [7, 11) is 0. The number of halogens is 1. The number of rotatable bonds is 2. The van der Waals surface area contributed by atoms with Crippen molar-refractivity contribution in [2.24, 2.45) is 0 Å². The molecular formula is C20H17ClN2S. The van der Waals surface area contributed by atoms with Crippen molar-refractivity contribution in [2.75, 3.05) is 0 Å². The summed E-state index contributed by atoms with van der Waals surface area (Å²) in [6.45, 7) is 6.61. The van der Waals surface area contributed by atoms with Gasteiger partial charge in [-0.15, -0.1) is 11.8 Å². The molecule has 0 aliphatic heterocycles. The van der Waals surface area contributed by atoms with Gasteiger partial charge in [0, 0.05) is 33.0 Å². The molecular weight excluding hydrogens is 336 g/mol. The normalized spacial score (nSPS) is 11.5. The van der Waals surface area contributed by atoms with Gasteiger partial charge in [0.05, 0.1) is 10.6 Å². The molecule has 0 aliphatic rings. The lowest BCUT2D eigenvalue weighted by Crippen LogP contribution is -2.06. The quantitative estimate of drug-likeness (QED) is 0.506. The Hall–Kier alpha value is -2.02. The maximum absolute atomic E-state index is 9.05. The van der Waals surface area contributed by atoms with Crippen LogP contribution >= 0.6 is 23.4 Å². The molecule has 0 radical (unpaired) electrons. The van der Waals surface area contributed by atoms with Gasteiger partial charge in [-0.05, 0) is 35.2 Å². The third-order valence-corrected chi connectivity index (χ3v) is 4.97. The van der Waals surface area contributed by atoms with Crippen LogP contribution in [0.25, 0.3) is 21.9 Å². The number of hydrogen-bond donors (Lipinski definition) is 0. The van der Waals surface area contributed by atoms with Crippen LogP contribution < -0.4 is 0 Å². The van der Waals surface area contributed by atoms with Crippen LogP contribution in [0, 0.1) is 11.3 Å². The van der Waals surface area contributed by atoms with Crippen LogP contribution in [-0.4, -0.2) is 9.73 Å². The fraction of sp³-hybridized carbons (Fsp3) is 0.200. The summed E-state index contributed by atoms with van der Waals surface area (Å²) < 4.78 is 0.151. The predicted molar refractivity (Wildman–Crippen MR) is 103 cm³/mol. The molecule has 1 aromatic heterocycles. The van der Waals surface area contributed by atoms with E-state index in [0.717, 1.165) is 21.9 Å². The second-order valence-corrected chi connectivity index (χ2v) is 8.90. The van der Waals surface area contributed by atoms with Gasteiger partial charge in [0.2, 0.25) is 0 Å². The molecule has 0 atom stereocenters. The Morgan fingerprint density at radius 3 is 2.54 bits per heavy atom. The second kappa shape index (κ2) is 6.47. The molecule has 0 unspecified atom stereocenters. The van der Waals surface area contributed by atoms with Crippen LogP contribution in [0.5, 0.6) is 0 Å². The number of thioether (sulfide) groups is 1. The first-order chi connectivity index (χ1) is 11.4. The van der Waals surface area contributed by atoms with Gasteiger partial charge in [-0.1, -0.05) is 44.5 Å². The Morgan fingerprint density at radius 1 is 1.08 bits per heavy atom. The minimum Gasteiger partial charge on any atom is -0.263 e. The summed E-state index contributed by atoms with van der Waals surface area (Å²) in [5.74, 6) is 0. The molecule has 2 nitrogen and oxygen atoms in total.